The number of anilines is 1. The van der Waals surface area contributed by atoms with Gasteiger partial charge in [0.2, 0.25) is 0 Å². The molecule has 1 aliphatic carbocycles. The van der Waals surface area contributed by atoms with Crippen LogP contribution in [0.25, 0.3) is 0 Å². The van der Waals surface area contributed by atoms with Crippen LogP contribution in [-0.2, 0) is 4.79 Å². The number of hydrogen-bond donors (Lipinski definition) is 2. The van der Waals surface area contributed by atoms with Gasteiger partial charge in [-0.3, -0.25) is 10.2 Å². The molecule has 2 rings (SSSR count). The van der Waals surface area contributed by atoms with Gasteiger partial charge in [-0.25, -0.2) is 0 Å². The molecule has 1 aromatic rings. The summed E-state index contributed by atoms with van der Waals surface area (Å²) in [6, 6.07) is 5.12. The molecule has 4 nitrogen and oxygen atoms in total. The fourth-order valence-corrected chi connectivity index (χ4v) is 2.31. The lowest BCUT2D eigenvalue weighted by Gasteiger charge is -2.13. The maximum atomic E-state index is 11.3. The van der Waals surface area contributed by atoms with Crippen molar-refractivity contribution in [2.45, 2.75) is 25.7 Å². The smallest absolute Gasteiger partial charge is 0.191 e. The quantitative estimate of drug-likeness (QED) is 0.640. The minimum Gasteiger partial charge on any atom is -0.331 e. The molecule has 0 unspecified atom stereocenters. The zero-order valence-electron chi connectivity index (χ0n) is 10.6. The van der Waals surface area contributed by atoms with Crippen molar-refractivity contribution < 1.29 is 4.79 Å². The third-order valence-electron chi connectivity index (χ3n) is 2.82. The number of nitrogens with zero attached hydrogens (tertiary/aromatic N) is 1. The maximum Gasteiger partial charge on any atom is 0.191 e. The maximum absolute atomic E-state index is 11.3. The molecule has 0 aromatic heterocycles. The van der Waals surface area contributed by atoms with Crippen molar-refractivity contribution in [3.05, 3.63) is 28.2 Å². The molecule has 1 fully saturated rings. The third kappa shape index (κ3) is 4.44. The Labute approximate surface area is 132 Å². The highest BCUT2D eigenvalue weighted by Crippen LogP contribution is 2.24. The van der Waals surface area contributed by atoms with Gasteiger partial charge in [-0.1, -0.05) is 23.2 Å². The molecule has 0 aliphatic heterocycles. The molecule has 1 aromatic carbocycles. The van der Waals surface area contributed by atoms with E-state index in [0.29, 0.717) is 28.0 Å². The molecule has 0 spiro atoms. The highest BCUT2D eigenvalue weighted by atomic mass is 35.5. The average Bonchev–Trinajstić information content (AvgIpc) is 2.41. The van der Waals surface area contributed by atoms with Crippen molar-refractivity contribution in [3.8, 4) is 0 Å². The van der Waals surface area contributed by atoms with Crippen LogP contribution in [0.2, 0.25) is 10.0 Å². The fraction of sp³-hybridized carbons (Fsp3) is 0.308. The lowest BCUT2D eigenvalue weighted by molar-refractivity contribution is -0.118. The number of benzene rings is 1. The summed E-state index contributed by atoms with van der Waals surface area (Å²) >= 11 is 16.9. The van der Waals surface area contributed by atoms with E-state index in [2.05, 4.69) is 15.8 Å². The van der Waals surface area contributed by atoms with Crippen LogP contribution in [0.1, 0.15) is 25.7 Å². The van der Waals surface area contributed by atoms with Crippen LogP contribution in [0.15, 0.2) is 23.3 Å². The largest absolute Gasteiger partial charge is 0.331 e. The van der Waals surface area contributed by atoms with Gasteiger partial charge in [0.15, 0.2) is 5.11 Å². The second-order valence-corrected chi connectivity index (χ2v) is 5.66. The SMILES string of the molecule is O=C1CCC/C(=N/NC(=S)Nc2ccc(Cl)c(Cl)c2)C1. The van der Waals surface area contributed by atoms with Crippen LogP contribution >= 0.6 is 35.4 Å². The fourth-order valence-electron chi connectivity index (χ4n) is 1.85. The number of Topliss-reactive ketones (excluding diaryl/α,β-unsaturated/α-hetero) is 1. The summed E-state index contributed by atoms with van der Waals surface area (Å²) in [5, 5.41) is 8.37. The molecular weight excluding hydrogens is 317 g/mol. The van der Waals surface area contributed by atoms with Gasteiger partial charge in [0, 0.05) is 24.2 Å². The molecule has 1 aliphatic rings. The minimum atomic E-state index is 0.222. The molecule has 106 valence electrons. The van der Waals surface area contributed by atoms with Crippen LogP contribution in [0.3, 0.4) is 0 Å². The molecule has 0 radical (unpaired) electrons. The molecule has 0 heterocycles. The molecule has 7 heteroatoms. The second kappa shape index (κ2) is 7.02. The van der Waals surface area contributed by atoms with Crippen LogP contribution in [0.5, 0.6) is 0 Å². The summed E-state index contributed by atoms with van der Waals surface area (Å²) < 4.78 is 0. The van der Waals surface area contributed by atoms with Gasteiger partial charge >= 0.3 is 0 Å². The Balaban J connectivity index is 1.90. The lowest BCUT2D eigenvalue weighted by atomic mass is 9.97. The van der Waals surface area contributed by atoms with E-state index in [9.17, 15) is 4.79 Å². The molecule has 20 heavy (non-hydrogen) atoms. The van der Waals surface area contributed by atoms with Crippen LogP contribution in [0.4, 0.5) is 5.69 Å². The van der Waals surface area contributed by atoms with E-state index in [0.717, 1.165) is 24.2 Å². The minimum absolute atomic E-state index is 0.222. The number of thiocarbonyl (C=S) groups is 1. The van der Waals surface area contributed by atoms with Gasteiger partial charge < -0.3 is 5.32 Å². The Bertz CT molecular complexity index is 575. The summed E-state index contributed by atoms with van der Waals surface area (Å²) in [6.07, 6.45) is 2.73. The van der Waals surface area contributed by atoms with Crippen LogP contribution in [-0.4, -0.2) is 16.6 Å². The summed E-state index contributed by atoms with van der Waals surface area (Å²) in [4.78, 5) is 11.3. The number of rotatable bonds is 2. The molecule has 0 bridgehead atoms. The summed E-state index contributed by atoms with van der Waals surface area (Å²) in [7, 11) is 0. The van der Waals surface area contributed by atoms with E-state index in [-0.39, 0.29) is 5.78 Å². The van der Waals surface area contributed by atoms with Gasteiger partial charge in [-0.15, -0.1) is 0 Å². The highest BCUT2D eigenvalue weighted by Gasteiger charge is 2.14. The molecule has 0 atom stereocenters. The molecule has 2 N–H and O–H groups in total. The van der Waals surface area contributed by atoms with Gasteiger partial charge in [0.1, 0.15) is 5.78 Å². The summed E-state index contributed by atoms with van der Waals surface area (Å²) in [5.74, 6) is 0.222. The highest BCUT2D eigenvalue weighted by molar-refractivity contribution is 7.80. The van der Waals surface area contributed by atoms with E-state index in [1.807, 2.05) is 0 Å². The summed E-state index contributed by atoms with van der Waals surface area (Å²) in [6.45, 7) is 0. The number of nitrogens with one attached hydrogen (secondary N) is 2. The third-order valence-corrected chi connectivity index (χ3v) is 3.75. The topological polar surface area (TPSA) is 53.5 Å². The van der Waals surface area contributed by atoms with E-state index < -0.39 is 0 Å². The predicted molar refractivity (Wildman–Crippen MR) is 86.7 cm³/mol. The first-order valence-electron chi connectivity index (χ1n) is 6.14. The molecule has 0 saturated heterocycles. The first kappa shape index (κ1) is 15.2. The van der Waals surface area contributed by atoms with Gasteiger partial charge in [-0.05, 0) is 43.3 Å². The van der Waals surface area contributed by atoms with Crippen molar-refractivity contribution in [3.63, 3.8) is 0 Å². The Morgan fingerprint density at radius 1 is 1.25 bits per heavy atom. The first-order chi connectivity index (χ1) is 9.54. The average molecular weight is 330 g/mol. The van der Waals surface area contributed by atoms with E-state index in [1.165, 1.54) is 0 Å². The van der Waals surface area contributed by atoms with Crippen molar-refractivity contribution in [2.24, 2.45) is 5.10 Å². The van der Waals surface area contributed by atoms with Crippen molar-refractivity contribution in [1.82, 2.24) is 5.43 Å². The van der Waals surface area contributed by atoms with Crippen molar-refractivity contribution in [2.75, 3.05) is 5.32 Å². The lowest BCUT2D eigenvalue weighted by Crippen LogP contribution is -2.26. The molecular formula is C13H13Cl2N3OS. The predicted octanol–water partition coefficient (Wildman–Crippen LogP) is 3.78. The number of hydrazone groups is 1. The number of carbonyl (C=O) groups excluding carboxylic acids is 1. The van der Waals surface area contributed by atoms with Gasteiger partial charge in [0.05, 0.1) is 10.0 Å². The second-order valence-electron chi connectivity index (χ2n) is 4.44. The zero-order chi connectivity index (χ0) is 14.5. The first-order valence-corrected chi connectivity index (χ1v) is 7.30. The number of hydrogen-bond acceptors (Lipinski definition) is 3. The Morgan fingerprint density at radius 3 is 2.75 bits per heavy atom. The monoisotopic (exact) mass is 329 g/mol. The van der Waals surface area contributed by atoms with Crippen LogP contribution in [0, 0.1) is 0 Å². The summed E-state index contributed by atoms with van der Waals surface area (Å²) in [5.41, 5.74) is 4.29. The molecule has 0 amide bonds. The van der Waals surface area contributed by atoms with Gasteiger partial charge in [-0.2, -0.15) is 5.10 Å². The standard InChI is InChI=1S/C13H13Cl2N3OS/c14-11-5-4-8(7-12(11)15)16-13(20)18-17-9-2-1-3-10(19)6-9/h4-5,7H,1-3,6H2,(H2,16,18,20)/b17-9-. The van der Waals surface area contributed by atoms with Crippen molar-refractivity contribution >= 4 is 57.7 Å². The zero-order valence-corrected chi connectivity index (χ0v) is 12.9. The Morgan fingerprint density at radius 2 is 2.05 bits per heavy atom. The van der Waals surface area contributed by atoms with E-state index in [1.54, 1.807) is 18.2 Å². The normalized spacial score (nSPS) is 17.1. The van der Waals surface area contributed by atoms with E-state index >= 15 is 0 Å². The Kier molecular flexibility index (Phi) is 5.34. The van der Waals surface area contributed by atoms with E-state index in [4.69, 9.17) is 35.4 Å². The number of halogens is 2. The van der Waals surface area contributed by atoms with Crippen LogP contribution < -0.4 is 10.7 Å². The number of ketones is 1. The van der Waals surface area contributed by atoms with Gasteiger partial charge in [0.25, 0.3) is 0 Å². The number of carbonyl (C=O) groups is 1. The van der Waals surface area contributed by atoms with Crippen molar-refractivity contribution in [1.29, 1.82) is 0 Å². The molecule has 1 saturated carbocycles. The Hall–Kier alpha value is -1.17.